The molecule has 5 rings (SSSR count). The fraction of sp³-hybridized carbons (Fsp3) is 0.0769. The Morgan fingerprint density at radius 2 is 1.71 bits per heavy atom. The molecule has 0 unspecified atom stereocenters. The van der Waals surface area contributed by atoms with Gasteiger partial charge in [0.05, 0.1) is 17.2 Å². The van der Waals surface area contributed by atoms with Crippen molar-refractivity contribution >= 4 is 45.7 Å². The average Bonchev–Trinajstić information content (AvgIpc) is 3.24. The van der Waals surface area contributed by atoms with E-state index in [4.69, 9.17) is 17.3 Å². The second-order valence-corrected chi connectivity index (χ2v) is 7.85. The van der Waals surface area contributed by atoms with Crippen molar-refractivity contribution in [3.8, 4) is 5.69 Å². The van der Waals surface area contributed by atoms with E-state index in [1.807, 2.05) is 36.7 Å². The van der Waals surface area contributed by atoms with Crippen LogP contribution in [0, 0.1) is 0 Å². The predicted octanol–water partition coefficient (Wildman–Crippen LogP) is 5.90. The van der Waals surface area contributed by atoms with Crippen LogP contribution in [0.2, 0.25) is 5.02 Å². The molecule has 3 aromatic carbocycles. The summed E-state index contributed by atoms with van der Waals surface area (Å²) in [7, 11) is 0. The number of hydrogen-bond donors (Lipinski definition) is 1. The Labute approximate surface area is 185 Å². The van der Waals surface area contributed by atoms with Crippen molar-refractivity contribution < 1.29 is 0 Å². The zero-order valence-electron chi connectivity index (χ0n) is 16.9. The summed E-state index contributed by atoms with van der Waals surface area (Å²) in [6, 6.07) is 22.6. The molecule has 5 heteroatoms. The molecule has 0 amide bonds. The molecular formula is C26H21ClN4. The van der Waals surface area contributed by atoms with Crippen LogP contribution in [-0.4, -0.2) is 21.1 Å². The van der Waals surface area contributed by atoms with Crippen LogP contribution in [0.1, 0.15) is 16.7 Å². The molecule has 2 N–H and O–H groups in total. The van der Waals surface area contributed by atoms with Gasteiger partial charge in [0.25, 0.3) is 0 Å². The molecule has 0 saturated heterocycles. The molecule has 5 aromatic rings. The third kappa shape index (κ3) is 3.83. The highest BCUT2D eigenvalue weighted by atomic mass is 35.5. The van der Waals surface area contributed by atoms with Crippen molar-refractivity contribution in [1.29, 1.82) is 0 Å². The number of fused-ring (bicyclic) bond motifs is 3. The summed E-state index contributed by atoms with van der Waals surface area (Å²) >= 11 is 6.57. The first kappa shape index (κ1) is 19.5. The van der Waals surface area contributed by atoms with E-state index in [0.29, 0.717) is 11.6 Å². The first-order valence-corrected chi connectivity index (χ1v) is 10.6. The van der Waals surface area contributed by atoms with E-state index in [2.05, 4.69) is 63.1 Å². The maximum atomic E-state index is 6.57. The molecule has 4 nitrogen and oxygen atoms in total. The summed E-state index contributed by atoms with van der Waals surface area (Å²) in [5, 5.41) is 1.68. The second-order valence-electron chi connectivity index (χ2n) is 7.45. The van der Waals surface area contributed by atoms with Crippen molar-refractivity contribution in [3.63, 3.8) is 0 Å². The molecule has 152 valence electrons. The highest BCUT2D eigenvalue weighted by molar-refractivity contribution is 6.33. The molecule has 0 aliphatic carbocycles. The summed E-state index contributed by atoms with van der Waals surface area (Å²) in [6.07, 6.45) is 8.62. The SMILES string of the molecule is NCCc1ccc(-n2cnc3cnc4cc(Cl)c(/C=C/c5ccccc5)cc4c32)cc1. The van der Waals surface area contributed by atoms with Crippen LogP contribution < -0.4 is 5.73 Å². The molecule has 2 heterocycles. The molecule has 0 fully saturated rings. The number of rotatable bonds is 5. The van der Waals surface area contributed by atoms with Crippen LogP contribution in [0.5, 0.6) is 0 Å². The van der Waals surface area contributed by atoms with Crippen LogP contribution in [0.25, 0.3) is 39.8 Å². The van der Waals surface area contributed by atoms with E-state index < -0.39 is 0 Å². The number of nitrogens with two attached hydrogens (primary N) is 1. The largest absolute Gasteiger partial charge is 0.330 e. The third-order valence-corrected chi connectivity index (χ3v) is 5.72. The molecule has 31 heavy (non-hydrogen) atoms. The quantitative estimate of drug-likeness (QED) is 0.357. The van der Waals surface area contributed by atoms with Crippen molar-refractivity contribution in [2.45, 2.75) is 6.42 Å². The summed E-state index contributed by atoms with van der Waals surface area (Å²) in [4.78, 5) is 9.16. The lowest BCUT2D eigenvalue weighted by molar-refractivity contribution is 0.966. The molecule has 0 aliphatic heterocycles. The van der Waals surface area contributed by atoms with E-state index in [1.165, 1.54) is 5.56 Å². The van der Waals surface area contributed by atoms with E-state index in [1.54, 1.807) is 6.20 Å². The lowest BCUT2D eigenvalue weighted by Crippen LogP contribution is -2.02. The Morgan fingerprint density at radius 3 is 2.48 bits per heavy atom. The normalized spacial score (nSPS) is 11.7. The molecule has 0 aliphatic rings. The minimum absolute atomic E-state index is 0.643. The Balaban J connectivity index is 1.64. The maximum absolute atomic E-state index is 6.57. The van der Waals surface area contributed by atoms with Gasteiger partial charge in [0.1, 0.15) is 11.8 Å². The van der Waals surface area contributed by atoms with Crippen LogP contribution in [0.15, 0.2) is 79.3 Å². The molecule has 0 spiro atoms. The van der Waals surface area contributed by atoms with Gasteiger partial charge in [-0.1, -0.05) is 66.2 Å². The van der Waals surface area contributed by atoms with Gasteiger partial charge >= 0.3 is 0 Å². The number of pyridine rings is 1. The van der Waals surface area contributed by atoms with Crippen molar-refractivity contribution in [3.05, 3.63) is 101 Å². The smallest absolute Gasteiger partial charge is 0.108 e. The van der Waals surface area contributed by atoms with Gasteiger partial charge in [-0.3, -0.25) is 9.55 Å². The van der Waals surface area contributed by atoms with Gasteiger partial charge in [0, 0.05) is 16.1 Å². The molecular weight excluding hydrogens is 404 g/mol. The van der Waals surface area contributed by atoms with Gasteiger partial charge in [-0.05, 0) is 53.9 Å². The standard InChI is InChI=1S/C26H21ClN4/c27-23-15-24-22(14-20(23)9-6-18-4-2-1-3-5-18)26-25(16-29-24)30-17-31(26)21-10-7-19(8-11-21)12-13-28/h1-11,14-17H,12-13,28H2/b9-6+. The zero-order chi connectivity index (χ0) is 21.2. The predicted molar refractivity (Wildman–Crippen MR) is 130 cm³/mol. The fourth-order valence-corrected chi connectivity index (χ4v) is 4.02. The minimum atomic E-state index is 0.643. The first-order chi connectivity index (χ1) is 15.2. The molecule has 2 aromatic heterocycles. The Bertz CT molecular complexity index is 1390. The fourth-order valence-electron chi connectivity index (χ4n) is 3.79. The van der Waals surface area contributed by atoms with Crippen LogP contribution >= 0.6 is 11.6 Å². The van der Waals surface area contributed by atoms with Gasteiger partial charge in [-0.15, -0.1) is 0 Å². The van der Waals surface area contributed by atoms with Crippen molar-refractivity contribution in [1.82, 2.24) is 14.5 Å². The Kier molecular flexibility index (Phi) is 5.24. The summed E-state index contributed by atoms with van der Waals surface area (Å²) in [5.41, 5.74) is 12.7. The van der Waals surface area contributed by atoms with Crippen LogP contribution in [-0.2, 0) is 6.42 Å². The molecule has 0 saturated carbocycles. The number of nitrogens with zero attached hydrogens (tertiary/aromatic N) is 3. The van der Waals surface area contributed by atoms with Crippen molar-refractivity contribution in [2.24, 2.45) is 5.73 Å². The third-order valence-electron chi connectivity index (χ3n) is 5.39. The van der Waals surface area contributed by atoms with E-state index >= 15 is 0 Å². The highest BCUT2D eigenvalue weighted by Crippen LogP contribution is 2.31. The molecule has 0 bridgehead atoms. The highest BCUT2D eigenvalue weighted by Gasteiger charge is 2.12. The first-order valence-electron chi connectivity index (χ1n) is 10.2. The van der Waals surface area contributed by atoms with Gasteiger partial charge in [-0.25, -0.2) is 4.98 Å². The van der Waals surface area contributed by atoms with Gasteiger partial charge in [0.2, 0.25) is 0 Å². The Morgan fingerprint density at radius 1 is 0.903 bits per heavy atom. The van der Waals surface area contributed by atoms with E-state index in [-0.39, 0.29) is 0 Å². The second kappa shape index (κ2) is 8.34. The topological polar surface area (TPSA) is 56.7 Å². The Hall–Kier alpha value is -3.47. The van der Waals surface area contributed by atoms with Crippen molar-refractivity contribution in [2.75, 3.05) is 6.54 Å². The van der Waals surface area contributed by atoms with E-state index in [9.17, 15) is 0 Å². The monoisotopic (exact) mass is 424 g/mol. The van der Waals surface area contributed by atoms with E-state index in [0.717, 1.165) is 45.2 Å². The molecule has 0 radical (unpaired) electrons. The maximum Gasteiger partial charge on any atom is 0.108 e. The average molecular weight is 425 g/mol. The van der Waals surface area contributed by atoms with Gasteiger partial charge in [-0.2, -0.15) is 0 Å². The summed E-state index contributed by atoms with van der Waals surface area (Å²) in [6.45, 7) is 0.643. The molecule has 0 atom stereocenters. The van der Waals surface area contributed by atoms with Gasteiger partial charge < -0.3 is 5.73 Å². The van der Waals surface area contributed by atoms with Crippen LogP contribution in [0.3, 0.4) is 0 Å². The lowest BCUT2D eigenvalue weighted by Gasteiger charge is -2.09. The number of benzene rings is 3. The number of aromatic nitrogens is 3. The zero-order valence-corrected chi connectivity index (χ0v) is 17.6. The lowest BCUT2D eigenvalue weighted by atomic mass is 10.1. The number of halogens is 1. The van der Waals surface area contributed by atoms with Gasteiger partial charge in [0.15, 0.2) is 0 Å². The number of imidazole rings is 1. The summed E-state index contributed by atoms with van der Waals surface area (Å²) in [5.74, 6) is 0. The van der Waals surface area contributed by atoms with Crippen LogP contribution in [0.4, 0.5) is 0 Å². The number of hydrogen-bond acceptors (Lipinski definition) is 3. The minimum Gasteiger partial charge on any atom is -0.330 e. The summed E-state index contributed by atoms with van der Waals surface area (Å²) < 4.78 is 2.10.